The van der Waals surface area contributed by atoms with Crippen molar-refractivity contribution in [2.75, 3.05) is 6.26 Å². The summed E-state index contributed by atoms with van der Waals surface area (Å²) in [7, 11) is 0. The van der Waals surface area contributed by atoms with Crippen molar-refractivity contribution in [1.82, 2.24) is 5.32 Å². The van der Waals surface area contributed by atoms with E-state index < -0.39 is 0 Å². The van der Waals surface area contributed by atoms with Crippen molar-refractivity contribution in [1.29, 1.82) is 0 Å². The van der Waals surface area contributed by atoms with Crippen molar-refractivity contribution < 1.29 is 5.11 Å². The normalized spacial score (nSPS) is 23.5. The summed E-state index contributed by atoms with van der Waals surface area (Å²) < 4.78 is 1.48. The van der Waals surface area contributed by atoms with E-state index in [4.69, 9.17) is 0 Å². The lowest BCUT2D eigenvalue weighted by molar-refractivity contribution is 0.379. The molecular weight excluding hydrogens is 390 g/mol. The van der Waals surface area contributed by atoms with Gasteiger partial charge in [-0.1, -0.05) is 6.42 Å². The van der Waals surface area contributed by atoms with E-state index in [1.807, 2.05) is 23.9 Å². The van der Waals surface area contributed by atoms with E-state index >= 15 is 0 Å². The van der Waals surface area contributed by atoms with Gasteiger partial charge in [0.05, 0.1) is 8.95 Å². The highest BCUT2D eigenvalue weighted by molar-refractivity contribution is 9.11. The number of halogens is 2. The molecule has 0 spiro atoms. The second-order valence-corrected chi connectivity index (χ2v) is 7.86. The second-order valence-electron chi connectivity index (χ2n) is 5.01. The van der Waals surface area contributed by atoms with Crippen LogP contribution in [0.25, 0.3) is 0 Å². The number of hydrogen-bond acceptors (Lipinski definition) is 3. The van der Waals surface area contributed by atoms with Crippen LogP contribution in [-0.2, 0) is 6.54 Å². The van der Waals surface area contributed by atoms with Crippen molar-refractivity contribution in [2.24, 2.45) is 0 Å². The molecule has 106 valence electrons. The molecule has 0 aliphatic heterocycles. The number of phenolic OH excluding ortho intramolecular Hbond substituents is 1. The highest BCUT2D eigenvalue weighted by Crippen LogP contribution is 2.33. The molecule has 2 atom stereocenters. The van der Waals surface area contributed by atoms with Crippen molar-refractivity contribution in [3.63, 3.8) is 0 Å². The number of benzene rings is 1. The van der Waals surface area contributed by atoms with Crippen LogP contribution >= 0.6 is 43.6 Å². The molecule has 19 heavy (non-hydrogen) atoms. The summed E-state index contributed by atoms with van der Waals surface area (Å²) in [5.41, 5.74) is 1.18. The first-order chi connectivity index (χ1) is 9.10. The number of hydrogen-bond donors (Lipinski definition) is 2. The summed E-state index contributed by atoms with van der Waals surface area (Å²) >= 11 is 8.74. The fourth-order valence-corrected chi connectivity index (χ4v) is 4.64. The van der Waals surface area contributed by atoms with Crippen molar-refractivity contribution in [3.05, 3.63) is 26.6 Å². The Morgan fingerprint density at radius 2 is 2.00 bits per heavy atom. The summed E-state index contributed by atoms with van der Waals surface area (Å²) in [4.78, 5) is 0. The second kappa shape index (κ2) is 7.34. The average molecular weight is 409 g/mol. The quantitative estimate of drug-likeness (QED) is 0.758. The molecule has 0 radical (unpaired) electrons. The zero-order valence-corrected chi connectivity index (χ0v) is 14.9. The Balaban J connectivity index is 1.91. The summed E-state index contributed by atoms with van der Waals surface area (Å²) in [6, 6.07) is 4.57. The third-order valence-electron chi connectivity index (χ3n) is 3.63. The lowest BCUT2D eigenvalue weighted by Gasteiger charge is -2.28. The fourth-order valence-electron chi connectivity index (χ4n) is 2.53. The topological polar surface area (TPSA) is 32.3 Å². The van der Waals surface area contributed by atoms with Crippen LogP contribution in [0.4, 0.5) is 0 Å². The molecule has 2 unspecified atom stereocenters. The van der Waals surface area contributed by atoms with Gasteiger partial charge >= 0.3 is 0 Å². The van der Waals surface area contributed by atoms with E-state index in [0.29, 0.717) is 6.04 Å². The van der Waals surface area contributed by atoms with Crippen molar-refractivity contribution in [2.45, 2.75) is 43.5 Å². The first-order valence-corrected chi connectivity index (χ1v) is 9.40. The van der Waals surface area contributed by atoms with Gasteiger partial charge in [-0.15, -0.1) is 0 Å². The number of thioether (sulfide) groups is 1. The summed E-state index contributed by atoms with van der Waals surface area (Å²) in [5, 5.41) is 14.1. The standard InChI is InChI=1S/C14H19Br2NOS/c1-19-11-4-2-3-10(7-11)17-8-9-5-12(15)14(18)13(16)6-9/h5-6,10-11,17-18H,2-4,7-8H2,1H3. The summed E-state index contributed by atoms with van der Waals surface area (Å²) in [5.74, 6) is 0.267. The first-order valence-electron chi connectivity index (χ1n) is 6.53. The largest absolute Gasteiger partial charge is 0.506 e. The maximum Gasteiger partial charge on any atom is 0.143 e. The number of phenols is 1. The van der Waals surface area contributed by atoms with Crippen LogP contribution in [0.2, 0.25) is 0 Å². The Hall–Kier alpha value is 0.290. The zero-order valence-electron chi connectivity index (χ0n) is 11.0. The molecule has 2 nitrogen and oxygen atoms in total. The summed E-state index contributed by atoms with van der Waals surface area (Å²) in [6.45, 7) is 0.850. The van der Waals surface area contributed by atoms with E-state index in [-0.39, 0.29) is 5.75 Å². The Bertz CT molecular complexity index is 418. The molecule has 1 aliphatic rings. The fraction of sp³-hybridized carbons (Fsp3) is 0.571. The Morgan fingerprint density at radius 1 is 1.32 bits per heavy atom. The minimum Gasteiger partial charge on any atom is -0.506 e. The molecule has 0 aromatic heterocycles. The van der Waals surface area contributed by atoms with Gasteiger partial charge in [-0.3, -0.25) is 0 Å². The molecule has 1 saturated carbocycles. The number of nitrogens with one attached hydrogen (secondary N) is 1. The maximum absolute atomic E-state index is 9.70. The van der Waals surface area contributed by atoms with Gasteiger partial charge in [0.15, 0.2) is 0 Å². The highest BCUT2D eigenvalue weighted by Gasteiger charge is 2.20. The van der Waals surface area contributed by atoms with Crippen LogP contribution in [0.15, 0.2) is 21.1 Å². The molecule has 1 aromatic rings. The molecule has 2 N–H and O–H groups in total. The zero-order chi connectivity index (χ0) is 13.8. The smallest absolute Gasteiger partial charge is 0.143 e. The van der Waals surface area contributed by atoms with Gasteiger partial charge in [-0.05, 0) is 75.1 Å². The van der Waals surface area contributed by atoms with E-state index in [1.165, 1.54) is 31.2 Å². The van der Waals surface area contributed by atoms with Gasteiger partial charge in [-0.2, -0.15) is 11.8 Å². The van der Waals surface area contributed by atoms with Crippen molar-refractivity contribution >= 4 is 43.6 Å². The average Bonchev–Trinajstić information content (AvgIpc) is 2.42. The van der Waals surface area contributed by atoms with Crippen LogP contribution in [-0.4, -0.2) is 22.7 Å². The molecule has 1 aliphatic carbocycles. The van der Waals surface area contributed by atoms with E-state index in [0.717, 1.165) is 20.7 Å². The van der Waals surface area contributed by atoms with Gasteiger partial charge in [0, 0.05) is 17.8 Å². The van der Waals surface area contributed by atoms with E-state index in [9.17, 15) is 5.11 Å². The van der Waals surface area contributed by atoms with E-state index in [2.05, 4.69) is 43.4 Å². The molecule has 0 heterocycles. The van der Waals surface area contributed by atoms with Gasteiger partial charge in [0.25, 0.3) is 0 Å². The molecule has 0 amide bonds. The third-order valence-corrected chi connectivity index (χ3v) is 5.93. The molecule has 5 heteroatoms. The first kappa shape index (κ1) is 15.7. The molecule has 0 saturated heterocycles. The lowest BCUT2D eigenvalue weighted by atomic mass is 9.95. The van der Waals surface area contributed by atoms with Crippen LogP contribution < -0.4 is 5.32 Å². The van der Waals surface area contributed by atoms with Crippen molar-refractivity contribution in [3.8, 4) is 5.75 Å². The summed E-state index contributed by atoms with van der Waals surface area (Å²) in [6.07, 6.45) is 7.43. The molecule has 1 aromatic carbocycles. The van der Waals surface area contributed by atoms with E-state index in [1.54, 1.807) is 0 Å². The predicted octanol–water partition coefficient (Wildman–Crippen LogP) is 4.68. The minimum absolute atomic E-state index is 0.267. The Labute approximate surface area is 136 Å². The molecule has 1 fully saturated rings. The minimum atomic E-state index is 0.267. The molecular formula is C14H19Br2NOS. The van der Waals surface area contributed by atoms with Gasteiger partial charge in [0.1, 0.15) is 5.75 Å². The Morgan fingerprint density at radius 3 is 2.63 bits per heavy atom. The predicted molar refractivity (Wildman–Crippen MR) is 89.9 cm³/mol. The van der Waals surface area contributed by atoms with Crippen LogP contribution in [0.3, 0.4) is 0 Å². The van der Waals surface area contributed by atoms with Crippen LogP contribution in [0.1, 0.15) is 31.2 Å². The highest BCUT2D eigenvalue weighted by atomic mass is 79.9. The SMILES string of the molecule is CSC1CCCC(NCc2cc(Br)c(O)c(Br)c2)C1. The third kappa shape index (κ3) is 4.38. The lowest BCUT2D eigenvalue weighted by Crippen LogP contribution is -2.34. The maximum atomic E-state index is 9.70. The van der Waals surface area contributed by atoms with Gasteiger partial charge in [-0.25, -0.2) is 0 Å². The van der Waals surface area contributed by atoms with Gasteiger partial charge < -0.3 is 10.4 Å². The van der Waals surface area contributed by atoms with Crippen LogP contribution in [0, 0.1) is 0 Å². The number of rotatable bonds is 4. The molecule has 2 rings (SSSR count). The number of aromatic hydroxyl groups is 1. The Kier molecular flexibility index (Phi) is 6.06. The van der Waals surface area contributed by atoms with Crippen LogP contribution in [0.5, 0.6) is 5.75 Å². The molecule has 0 bridgehead atoms. The van der Waals surface area contributed by atoms with Gasteiger partial charge in [0.2, 0.25) is 0 Å². The monoisotopic (exact) mass is 407 g/mol.